The van der Waals surface area contributed by atoms with E-state index in [0.717, 1.165) is 18.4 Å². The number of nitrogens with one attached hydrogen (secondary N) is 1. The lowest BCUT2D eigenvalue weighted by Crippen LogP contribution is -2.41. The summed E-state index contributed by atoms with van der Waals surface area (Å²) in [6, 6.07) is 3.76. The Kier molecular flexibility index (Phi) is 4.71. The summed E-state index contributed by atoms with van der Waals surface area (Å²) in [6.45, 7) is 0.248. The second-order valence-electron chi connectivity index (χ2n) is 5.42. The number of amides is 1. The highest BCUT2D eigenvalue weighted by Gasteiger charge is 2.41. The second-order valence-corrected chi connectivity index (χ2v) is 5.42. The zero-order chi connectivity index (χ0) is 14.4. The Morgan fingerprint density at radius 2 is 1.90 bits per heavy atom. The average Bonchev–Trinajstić information content (AvgIpc) is 2.94. The van der Waals surface area contributed by atoms with E-state index in [1.807, 2.05) is 12.1 Å². The third kappa shape index (κ3) is 3.56. The Bertz CT molecular complexity index is 467. The number of pyridine rings is 1. The zero-order valence-corrected chi connectivity index (χ0v) is 11.5. The lowest BCUT2D eigenvalue weighted by Gasteiger charge is -2.23. The van der Waals surface area contributed by atoms with Gasteiger partial charge in [0.2, 0.25) is 5.91 Å². The van der Waals surface area contributed by atoms with E-state index in [1.54, 1.807) is 12.4 Å². The molecule has 1 heterocycles. The van der Waals surface area contributed by atoms with Crippen molar-refractivity contribution < 1.29 is 14.7 Å². The third-order valence-electron chi connectivity index (χ3n) is 4.03. The zero-order valence-electron chi connectivity index (χ0n) is 11.5. The van der Waals surface area contributed by atoms with Gasteiger partial charge in [-0.1, -0.05) is 12.8 Å². The minimum Gasteiger partial charge on any atom is -0.481 e. The third-order valence-corrected chi connectivity index (χ3v) is 4.03. The first-order chi connectivity index (χ1) is 9.62. The smallest absolute Gasteiger partial charge is 0.311 e. The van der Waals surface area contributed by atoms with Crippen LogP contribution in [0.5, 0.6) is 0 Å². The number of nitrogens with zero attached hydrogens (tertiary/aromatic N) is 1. The highest BCUT2D eigenvalue weighted by Crippen LogP contribution is 2.37. The quantitative estimate of drug-likeness (QED) is 0.830. The van der Waals surface area contributed by atoms with E-state index in [1.165, 1.54) is 0 Å². The topological polar surface area (TPSA) is 79.3 Å². The molecule has 0 atom stereocenters. The molecule has 1 aromatic heterocycles. The van der Waals surface area contributed by atoms with Crippen LogP contribution >= 0.6 is 0 Å². The lowest BCUT2D eigenvalue weighted by molar-refractivity contribution is -0.148. The van der Waals surface area contributed by atoms with Gasteiger partial charge in [-0.2, -0.15) is 0 Å². The van der Waals surface area contributed by atoms with Gasteiger partial charge in [0.25, 0.3) is 0 Å². The Hall–Kier alpha value is -1.91. The van der Waals surface area contributed by atoms with Crippen molar-refractivity contribution in [3.63, 3.8) is 0 Å². The van der Waals surface area contributed by atoms with Gasteiger partial charge in [0.1, 0.15) is 0 Å². The van der Waals surface area contributed by atoms with Crippen molar-refractivity contribution in [2.24, 2.45) is 5.41 Å². The maximum Gasteiger partial charge on any atom is 0.311 e. The molecule has 5 nitrogen and oxygen atoms in total. The van der Waals surface area contributed by atoms with Crippen molar-refractivity contribution in [2.75, 3.05) is 6.54 Å². The second kappa shape index (κ2) is 6.50. The Balaban J connectivity index is 1.78. The molecule has 1 aliphatic carbocycles. The van der Waals surface area contributed by atoms with Crippen LogP contribution in [0.2, 0.25) is 0 Å². The number of hydrogen-bond donors (Lipinski definition) is 2. The van der Waals surface area contributed by atoms with Crippen LogP contribution in [0.4, 0.5) is 0 Å². The van der Waals surface area contributed by atoms with E-state index in [0.29, 0.717) is 25.7 Å². The van der Waals surface area contributed by atoms with Gasteiger partial charge < -0.3 is 10.4 Å². The molecule has 108 valence electrons. The summed E-state index contributed by atoms with van der Waals surface area (Å²) in [6.07, 6.45) is 7.60. The van der Waals surface area contributed by atoms with Gasteiger partial charge >= 0.3 is 5.97 Å². The van der Waals surface area contributed by atoms with Gasteiger partial charge in [-0.3, -0.25) is 14.6 Å². The molecule has 1 aliphatic rings. The molecule has 0 saturated heterocycles. The number of aromatic nitrogens is 1. The summed E-state index contributed by atoms with van der Waals surface area (Å²) in [7, 11) is 0. The molecule has 1 saturated carbocycles. The molecule has 1 fully saturated rings. The number of carbonyl (C=O) groups is 2. The summed E-state index contributed by atoms with van der Waals surface area (Å²) in [5.74, 6) is -0.876. The SMILES string of the molecule is O=C(CCc1ccncc1)NCC1(C(=O)O)CCCC1. The number of carbonyl (C=O) groups excluding carboxylic acids is 1. The predicted octanol–water partition coefficient (Wildman–Crippen LogP) is 1.78. The van der Waals surface area contributed by atoms with Gasteiger partial charge in [0.15, 0.2) is 0 Å². The van der Waals surface area contributed by atoms with Crippen molar-refractivity contribution in [1.29, 1.82) is 0 Å². The van der Waals surface area contributed by atoms with Gasteiger partial charge in [0.05, 0.1) is 5.41 Å². The fourth-order valence-electron chi connectivity index (χ4n) is 2.68. The van der Waals surface area contributed by atoms with E-state index in [9.17, 15) is 14.7 Å². The van der Waals surface area contributed by atoms with Crippen LogP contribution in [-0.2, 0) is 16.0 Å². The first-order valence-corrected chi connectivity index (χ1v) is 7.01. The van der Waals surface area contributed by atoms with E-state index in [2.05, 4.69) is 10.3 Å². The monoisotopic (exact) mass is 276 g/mol. The molecule has 0 unspecified atom stereocenters. The predicted molar refractivity (Wildman–Crippen MR) is 74.1 cm³/mol. The first-order valence-electron chi connectivity index (χ1n) is 7.01. The minimum absolute atomic E-state index is 0.0886. The number of rotatable bonds is 6. The molecule has 1 amide bonds. The van der Waals surface area contributed by atoms with Crippen LogP contribution in [0.1, 0.15) is 37.7 Å². The molecule has 5 heteroatoms. The summed E-state index contributed by atoms with van der Waals surface area (Å²) in [5.41, 5.74) is 0.316. The summed E-state index contributed by atoms with van der Waals surface area (Å²) >= 11 is 0. The summed E-state index contributed by atoms with van der Waals surface area (Å²) < 4.78 is 0. The fraction of sp³-hybridized carbons (Fsp3) is 0.533. The summed E-state index contributed by atoms with van der Waals surface area (Å²) in [5, 5.41) is 12.1. The fourth-order valence-corrected chi connectivity index (χ4v) is 2.68. The normalized spacial score (nSPS) is 16.8. The standard InChI is InChI=1S/C15H20N2O3/c18-13(4-3-12-5-9-16-10-6-12)17-11-15(14(19)20)7-1-2-8-15/h5-6,9-10H,1-4,7-8,11H2,(H,17,18)(H,19,20). The largest absolute Gasteiger partial charge is 0.481 e. The number of hydrogen-bond acceptors (Lipinski definition) is 3. The molecule has 2 rings (SSSR count). The molecule has 0 spiro atoms. The number of carboxylic acids is 1. The first kappa shape index (κ1) is 14.5. The molecule has 2 N–H and O–H groups in total. The Morgan fingerprint density at radius 3 is 2.50 bits per heavy atom. The van der Waals surface area contributed by atoms with Crippen molar-refractivity contribution in [1.82, 2.24) is 10.3 Å². The van der Waals surface area contributed by atoms with E-state index < -0.39 is 11.4 Å². The van der Waals surface area contributed by atoms with E-state index in [4.69, 9.17) is 0 Å². The molecular formula is C15H20N2O3. The van der Waals surface area contributed by atoms with Crippen LogP contribution in [0.3, 0.4) is 0 Å². The maximum atomic E-state index is 11.8. The van der Waals surface area contributed by atoms with Gasteiger partial charge in [0, 0.05) is 25.4 Å². The molecule has 0 radical (unpaired) electrons. The molecule has 1 aromatic rings. The van der Waals surface area contributed by atoms with Crippen LogP contribution < -0.4 is 5.32 Å². The highest BCUT2D eigenvalue weighted by atomic mass is 16.4. The summed E-state index contributed by atoms with van der Waals surface area (Å²) in [4.78, 5) is 27.1. The minimum atomic E-state index is -0.788. The van der Waals surface area contributed by atoms with Crippen LogP contribution in [0.15, 0.2) is 24.5 Å². The number of carboxylic acid groups (broad SMARTS) is 1. The van der Waals surface area contributed by atoms with Crippen molar-refractivity contribution in [3.05, 3.63) is 30.1 Å². The Morgan fingerprint density at radius 1 is 1.25 bits per heavy atom. The van der Waals surface area contributed by atoms with Gasteiger partial charge in [-0.25, -0.2) is 0 Å². The van der Waals surface area contributed by atoms with Crippen molar-refractivity contribution >= 4 is 11.9 Å². The highest BCUT2D eigenvalue weighted by molar-refractivity contribution is 5.79. The van der Waals surface area contributed by atoms with E-state index >= 15 is 0 Å². The molecule has 0 aliphatic heterocycles. The maximum absolute atomic E-state index is 11.8. The van der Waals surface area contributed by atoms with Crippen LogP contribution in [0, 0.1) is 5.41 Å². The van der Waals surface area contributed by atoms with E-state index in [-0.39, 0.29) is 12.5 Å². The van der Waals surface area contributed by atoms with Crippen LogP contribution in [0.25, 0.3) is 0 Å². The van der Waals surface area contributed by atoms with Crippen molar-refractivity contribution in [2.45, 2.75) is 38.5 Å². The molecular weight excluding hydrogens is 256 g/mol. The Labute approximate surface area is 118 Å². The number of aryl methyl sites for hydroxylation is 1. The molecule has 20 heavy (non-hydrogen) atoms. The van der Waals surface area contributed by atoms with Gasteiger partial charge in [-0.05, 0) is 37.0 Å². The molecule has 0 bridgehead atoms. The number of aliphatic carboxylic acids is 1. The van der Waals surface area contributed by atoms with Crippen molar-refractivity contribution in [3.8, 4) is 0 Å². The van der Waals surface area contributed by atoms with Gasteiger partial charge in [-0.15, -0.1) is 0 Å². The lowest BCUT2D eigenvalue weighted by atomic mass is 9.86. The molecule has 0 aromatic carbocycles. The average molecular weight is 276 g/mol. The van der Waals surface area contributed by atoms with Crippen LogP contribution in [-0.4, -0.2) is 28.5 Å².